The molecule has 0 bridgehead atoms. The lowest BCUT2D eigenvalue weighted by atomic mass is 10.7. The standard InChI is InChI=1S/C6H14O2.C5H12O4/c1-4-7-6(3)8-5-2;1-6-5(7-2,8-3)9-4/h6H,4-5H2,1-3H3;1-4H3. The Morgan fingerprint density at radius 2 is 1.06 bits per heavy atom. The minimum atomic E-state index is -1.33. The predicted octanol–water partition coefficient (Wildman–Crippen LogP) is 1.59. The van der Waals surface area contributed by atoms with Gasteiger partial charge in [0, 0.05) is 41.7 Å². The molecule has 0 unspecified atom stereocenters. The molecule has 0 atom stereocenters. The smallest absolute Gasteiger partial charge is 0.353 e. The van der Waals surface area contributed by atoms with E-state index in [1.54, 1.807) is 0 Å². The lowest BCUT2D eigenvalue weighted by Crippen LogP contribution is -2.37. The summed E-state index contributed by atoms with van der Waals surface area (Å²) in [5.74, 6) is 0. The molecule has 0 aromatic rings. The fourth-order valence-electron chi connectivity index (χ4n) is 1.02. The number of hydrogen-bond acceptors (Lipinski definition) is 6. The van der Waals surface area contributed by atoms with E-state index in [4.69, 9.17) is 28.4 Å². The van der Waals surface area contributed by atoms with Gasteiger partial charge in [0.1, 0.15) is 0 Å². The summed E-state index contributed by atoms with van der Waals surface area (Å²) in [6.45, 7) is 7.25. The second kappa shape index (κ2) is 12.2. The molecule has 0 saturated carbocycles. The van der Waals surface area contributed by atoms with Gasteiger partial charge in [-0.15, -0.1) is 0 Å². The molecule has 0 amide bonds. The van der Waals surface area contributed by atoms with Gasteiger partial charge in [0.15, 0.2) is 6.29 Å². The second-order valence-electron chi connectivity index (χ2n) is 2.79. The minimum absolute atomic E-state index is 0.0370. The van der Waals surface area contributed by atoms with E-state index in [1.165, 1.54) is 28.4 Å². The quantitative estimate of drug-likeness (QED) is 0.613. The normalized spacial score (nSPS) is 11.3. The van der Waals surface area contributed by atoms with Crippen molar-refractivity contribution >= 4 is 0 Å². The molecule has 0 fully saturated rings. The summed E-state index contributed by atoms with van der Waals surface area (Å²) in [6.07, 6.45) is -1.37. The van der Waals surface area contributed by atoms with Crippen molar-refractivity contribution in [2.45, 2.75) is 33.2 Å². The molecule has 0 aliphatic rings. The fourth-order valence-corrected chi connectivity index (χ4v) is 1.02. The maximum Gasteiger partial charge on any atom is 0.411 e. The molecule has 17 heavy (non-hydrogen) atoms. The van der Waals surface area contributed by atoms with Crippen molar-refractivity contribution in [3.05, 3.63) is 0 Å². The van der Waals surface area contributed by atoms with Gasteiger partial charge in [-0.1, -0.05) is 0 Å². The van der Waals surface area contributed by atoms with E-state index in [9.17, 15) is 0 Å². The molecule has 0 spiro atoms. The first kappa shape index (κ1) is 19.1. The van der Waals surface area contributed by atoms with Gasteiger partial charge >= 0.3 is 6.16 Å². The Labute approximate surface area is 104 Å². The number of rotatable bonds is 8. The zero-order chi connectivity index (χ0) is 13.7. The molecule has 6 heteroatoms. The average Bonchev–Trinajstić information content (AvgIpc) is 2.34. The molecule has 0 N–H and O–H groups in total. The van der Waals surface area contributed by atoms with E-state index in [0.717, 1.165) is 13.2 Å². The molecule has 0 rings (SSSR count). The van der Waals surface area contributed by atoms with E-state index in [1.807, 2.05) is 20.8 Å². The van der Waals surface area contributed by atoms with Crippen LogP contribution >= 0.6 is 0 Å². The maximum atomic E-state index is 5.06. The summed E-state index contributed by atoms with van der Waals surface area (Å²) in [7, 11) is 5.71. The average molecular weight is 254 g/mol. The molecular weight excluding hydrogens is 228 g/mol. The molecule has 0 aromatic heterocycles. The Kier molecular flexibility index (Phi) is 13.7. The summed E-state index contributed by atoms with van der Waals surface area (Å²) in [5, 5.41) is 0. The van der Waals surface area contributed by atoms with Crippen molar-refractivity contribution in [1.29, 1.82) is 0 Å². The van der Waals surface area contributed by atoms with Gasteiger partial charge in [0.05, 0.1) is 0 Å². The highest BCUT2D eigenvalue weighted by molar-refractivity contribution is 4.30. The first-order chi connectivity index (χ1) is 8.05. The van der Waals surface area contributed by atoms with Crippen LogP contribution in [0.4, 0.5) is 0 Å². The zero-order valence-corrected chi connectivity index (χ0v) is 11.9. The third-order valence-corrected chi connectivity index (χ3v) is 1.80. The Bertz CT molecular complexity index is 125. The highest BCUT2D eigenvalue weighted by atomic mass is 17.0. The minimum Gasteiger partial charge on any atom is -0.353 e. The maximum absolute atomic E-state index is 5.06. The topological polar surface area (TPSA) is 55.4 Å². The van der Waals surface area contributed by atoms with E-state index < -0.39 is 6.16 Å². The van der Waals surface area contributed by atoms with Crippen molar-refractivity contribution in [3.63, 3.8) is 0 Å². The largest absolute Gasteiger partial charge is 0.411 e. The summed E-state index contributed by atoms with van der Waals surface area (Å²) >= 11 is 0. The van der Waals surface area contributed by atoms with Crippen LogP contribution in [0.1, 0.15) is 20.8 Å². The lowest BCUT2D eigenvalue weighted by Gasteiger charge is -2.25. The number of methoxy groups -OCH3 is 4. The highest BCUT2D eigenvalue weighted by Gasteiger charge is 2.28. The van der Waals surface area contributed by atoms with Gasteiger partial charge < -0.3 is 28.4 Å². The van der Waals surface area contributed by atoms with Crippen LogP contribution < -0.4 is 0 Å². The van der Waals surface area contributed by atoms with Crippen LogP contribution in [0.15, 0.2) is 0 Å². The van der Waals surface area contributed by atoms with Crippen molar-refractivity contribution in [2.24, 2.45) is 0 Å². The molecule has 0 aromatic carbocycles. The zero-order valence-electron chi connectivity index (χ0n) is 11.9. The molecule has 6 nitrogen and oxygen atoms in total. The first-order valence-corrected chi connectivity index (χ1v) is 5.49. The van der Waals surface area contributed by atoms with Crippen LogP contribution in [0.5, 0.6) is 0 Å². The van der Waals surface area contributed by atoms with Crippen molar-refractivity contribution in [3.8, 4) is 0 Å². The lowest BCUT2D eigenvalue weighted by molar-refractivity contribution is -0.472. The molecule has 0 heterocycles. The predicted molar refractivity (Wildman–Crippen MR) is 63.5 cm³/mol. The van der Waals surface area contributed by atoms with E-state index in [-0.39, 0.29) is 6.29 Å². The van der Waals surface area contributed by atoms with Crippen LogP contribution in [0.2, 0.25) is 0 Å². The van der Waals surface area contributed by atoms with Crippen molar-refractivity contribution < 1.29 is 28.4 Å². The monoisotopic (exact) mass is 254 g/mol. The van der Waals surface area contributed by atoms with Gasteiger partial charge in [-0.05, 0) is 20.8 Å². The van der Waals surface area contributed by atoms with Gasteiger partial charge in [-0.3, -0.25) is 0 Å². The van der Waals surface area contributed by atoms with E-state index in [2.05, 4.69) is 0 Å². The van der Waals surface area contributed by atoms with Gasteiger partial charge in [0.2, 0.25) is 0 Å². The van der Waals surface area contributed by atoms with Gasteiger partial charge in [-0.2, -0.15) is 0 Å². The van der Waals surface area contributed by atoms with E-state index >= 15 is 0 Å². The molecular formula is C11H26O6. The fraction of sp³-hybridized carbons (Fsp3) is 1.00. The summed E-state index contributed by atoms with van der Waals surface area (Å²) in [6, 6.07) is 0. The van der Waals surface area contributed by atoms with Crippen LogP contribution in [-0.4, -0.2) is 54.1 Å². The van der Waals surface area contributed by atoms with Crippen LogP contribution in [-0.2, 0) is 28.4 Å². The second-order valence-corrected chi connectivity index (χ2v) is 2.79. The van der Waals surface area contributed by atoms with E-state index in [0.29, 0.717) is 0 Å². The molecule has 0 saturated heterocycles. The molecule has 0 aliphatic heterocycles. The third kappa shape index (κ3) is 9.46. The molecule has 0 aliphatic carbocycles. The van der Waals surface area contributed by atoms with Gasteiger partial charge in [-0.25, -0.2) is 0 Å². The Balaban J connectivity index is 0. The Hall–Kier alpha value is -0.240. The molecule has 106 valence electrons. The summed E-state index contributed by atoms with van der Waals surface area (Å²) in [5.41, 5.74) is 0. The Morgan fingerprint density at radius 1 is 0.765 bits per heavy atom. The molecule has 0 radical (unpaired) electrons. The third-order valence-electron chi connectivity index (χ3n) is 1.80. The summed E-state index contributed by atoms with van der Waals surface area (Å²) in [4.78, 5) is 0. The SMILES string of the molecule is CCOC(C)OCC.COC(OC)(OC)OC. The highest BCUT2D eigenvalue weighted by Crippen LogP contribution is 2.10. The van der Waals surface area contributed by atoms with Crippen LogP contribution in [0.3, 0.4) is 0 Å². The van der Waals surface area contributed by atoms with Crippen molar-refractivity contribution in [2.75, 3.05) is 41.7 Å². The number of ether oxygens (including phenoxy) is 6. The Morgan fingerprint density at radius 3 is 1.18 bits per heavy atom. The van der Waals surface area contributed by atoms with Crippen molar-refractivity contribution in [1.82, 2.24) is 0 Å². The number of hydrogen-bond donors (Lipinski definition) is 0. The van der Waals surface area contributed by atoms with Crippen LogP contribution in [0.25, 0.3) is 0 Å². The van der Waals surface area contributed by atoms with Gasteiger partial charge in [0.25, 0.3) is 0 Å². The van der Waals surface area contributed by atoms with Crippen LogP contribution in [0, 0.1) is 0 Å². The summed E-state index contributed by atoms with van der Waals surface area (Å²) < 4.78 is 29.0. The first-order valence-electron chi connectivity index (χ1n) is 5.49.